The Kier molecular flexibility index (Phi) is 6.21. The lowest BCUT2D eigenvalue weighted by Crippen LogP contribution is -2.07. The highest BCUT2D eigenvalue weighted by Crippen LogP contribution is 2.37. The predicted molar refractivity (Wildman–Crippen MR) is 68.1 cm³/mol. The Morgan fingerprint density at radius 3 is 2.37 bits per heavy atom. The summed E-state index contributed by atoms with van der Waals surface area (Å²) in [7, 11) is 0. The first-order valence-corrected chi connectivity index (χ1v) is 6.79. The number of rotatable bonds is 6. The molecule has 0 atom stereocenters. The number of halogens is 3. The molecule has 1 rings (SSSR count). The van der Waals surface area contributed by atoms with Crippen molar-refractivity contribution in [1.82, 2.24) is 0 Å². The van der Waals surface area contributed by atoms with Crippen LogP contribution in [0.1, 0.15) is 32.6 Å². The fraction of sp³-hybridized carbons (Fsp3) is 0.462. The number of hydrogen-bond acceptors (Lipinski definition) is 3. The molecular formula is C13H15F3O2S. The molecule has 2 nitrogen and oxygen atoms in total. The molecule has 0 fully saturated rings. The number of hydrogen-bond donors (Lipinski definition) is 0. The fourth-order valence-corrected chi connectivity index (χ4v) is 1.95. The summed E-state index contributed by atoms with van der Waals surface area (Å²) >= 11 is -0.195. The normalized spacial score (nSPS) is 11.4. The Morgan fingerprint density at radius 2 is 1.84 bits per heavy atom. The molecule has 1 aromatic rings. The molecule has 0 amide bonds. The van der Waals surface area contributed by atoms with Crippen LogP contribution in [-0.2, 0) is 4.79 Å². The molecule has 0 radical (unpaired) electrons. The first-order chi connectivity index (χ1) is 8.90. The standard InChI is InChI=1S/C13H15F3O2S/c1-2-3-4-5-12(17)18-10-6-8-11(9-7-10)19-13(14,15)16/h6-9H,2-5H2,1H3. The zero-order valence-corrected chi connectivity index (χ0v) is 11.3. The molecule has 106 valence electrons. The largest absolute Gasteiger partial charge is 0.446 e. The predicted octanol–water partition coefficient (Wildman–Crippen LogP) is 4.78. The minimum absolute atomic E-state index is 0.0679. The summed E-state index contributed by atoms with van der Waals surface area (Å²) in [6.07, 6.45) is 3.05. The number of thioether (sulfide) groups is 1. The second-order valence-electron chi connectivity index (χ2n) is 3.95. The summed E-state index contributed by atoms with van der Waals surface area (Å²) in [5, 5.41) is 0. The van der Waals surface area contributed by atoms with Crippen LogP contribution in [0.4, 0.5) is 13.2 Å². The lowest BCUT2D eigenvalue weighted by atomic mass is 10.2. The highest BCUT2D eigenvalue weighted by atomic mass is 32.2. The van der Waals surface area contributed by atoms with Crippen LogP contribution in [0.3, 0.4) is 0 Å². The van der Waals surface area contributed by atoms with Crippen LogP contribution in [0.25, 0.3) is 0 Å². The highest BCUT2D eigenvalue weighted by molar-refractivity contribution is 8.00. The van der Waals surface area contributed by atoms with Crippen molar-refractivity contribution >= 4 is 17.7 Å². The molecule has 0 aliphatic rings. The van der Waals surface area contributed by atoms with Gasteiger partial charge in [0.25, 0.3) is 0 Å². The van der Waals surface area contributed by atoms with Gasteiger partial charge in [-0.2, -0.15) is 13.2 Å². The van der Waals surface area contributed by atoms with E-state index in [2.05, 4.69) is 0 Å². The number of carbonyl (C=O) groups is 1. The molecule has 0 N–H and O–H groups in total. The van der Waals surface area contributed by atoms with Crippen LogP contribution in [-0.4, -0.2) is 11.5 Å². The molecule has 19 heavy (non-hydrogen) atoms. The minimum atomic E-state index is -4.31. The van der Waals surface area contributed by atoms with E-state index < -0.39 is 5.51 Å². The van der Waals surface area contributed by atoms with Gasteiger partial charge in [-0.1, -0.05) is 19.8 Å². The third-order valence-electron chi connectivity index (χ3n) is 2.27. The maximum Gasteiger partial charge on any atom is 0.446 e. The first-order valence-electron chi connectivity index (χ1n) is 5.97. The summed E-state index contributed by atoms with van der Waals surface area (Å²) in [4.78, 5) is 11.5. The average molecular weight is 292 g/mol. The number of esters is 1. The molecule has 1 aromatic carbocycles. The lowest BCUT2D eigenvalue weighted by molar-refractivity contribution is -0.134. The Balaban J connectivity index is 2.46. The van der Waals surface area contributed by atoms with Crippen molar-refractivity contribution < 1.29 is 22.7 Å². The molecule has 0 spiro atoms. The molecule has 0 aliphatic carbocycles. The first kappa shape index (κ1) is 15.9. The van der Waals surface area contributed by atoms with Crippen LogP contribution in [0.2, 0.25) is 0 Å². The van der Waals surface area contributed by atoms with E-state index in [1.807, 2.05) is 6.92 Å². The van der Waals surface area contributed by atoms with Crippen LogP contribution in [0.15, 0.2) is 29.2 Å². The van der Waals surface area contributed by atoms with Gasteiger partial charge >= 0.3 is 11.5 Å². The summed E-state index contributed by atoms with van der Waals surface area (Å²) in [5.41, 5.74) is -4.31. The van der Waals surface area contributed by atoms with E-state index in [4.69, 9.17) is 4.74 Å². The molecule has 0 aromatic heterocycles. The second-order valence-corrected chi connectivity index (χ2v) is 5.09. The van der Waals surface area contributed by atoms with Gasteiger partial charge < -0.3 is 4.74 Å². The van der Waals surface area contributed by atoms with Crippen molar-refractivity contribution in [1.29, 1.82) is 0 Å². The van der Waals surface area contributed by atoms with Crippen LogP contribution < -0.4 is 4.74 Å². The van der Waals surface area contributed by atoms with Gasteiger partial charge in [-0.15, -0.1) is 0 Å². The third kappa shape index (κ3) is 7.10. The summed E-state index contributed by atoms with van der Waals surface area (Å²) < 4.78 is 41.3. The minimum Gasteiger partial charge on any atom is -0.427 e. The van der Waals surface area contributed by atoms with E-state index in [9.17, 15) is 18.0 Å². The van der Waals surface area contributed by atoms with Crippen LogP contribution in [0, 0.1) is 0 Å². The Bertz CT molecular complexity index is 401. The number of unbranched alkanes of at least 4 members (excludes halogenated alkanes) is 2. The average Bonchev–Trinajstić information content (AvgIpc) is 2.30. The Morgan fingerprint density at radius 1 is 1.21 bits per heavy atom. The molecular weight excluding hydrogens is 277 g/mol. The number of ether oxygens (including phenoxy) is 1. The van der Waals surface area contributed by atoms with Gasteiger partial charge in [-0.25, -0.2) is 0 Å². The van der Waals surface area contributed by atoms with Crippen molar-refractivity contribution in [3.63, 3.8) is 0 Å². The van der Waals surface area contributed by atoms with E-state index in [-0.39, 0.29) is 28.4 Å². The SMILES string of the molecule is CCCCCC(=O)Oc1ccc(SC(F)(F)F)cc1. The molecule has 0 saturated heterocycles. The monoisotopic (exact) mass is 292 g/mol. The van der Waals surface area contributed by atoms with Gasteiger partial charge in [0.05, 0.1) is 0 Å². The maximum absolute atomic E-state index is 12.1. The van der Waals surface area contributed by atoms with Crippen LogP contribution in [0.5, 0.6) is 5.75 Å². The Hall–Kier alpha value is -1.17. The molecule has 0 unspecified atom stereocenters. The topological polar surface area (TPSA) is 26.3 Å². The van der Waals surface area contributed by atoms with E-state index in [0.29, 0.717) is 6.42 Å². The molecule has 0 aliphatic heterocycles. The number of carbonyl (C=O) groups excluding carboxylic acids is 1. The van der Waals surface area contributed by atoms with Gasteiger partial charge in [0, 0.05) is 11.3 Å². The maximum atomic E-state index is 12.1. The van der Waals surface area contributed by atoms with Crippen LogP contribution >= 0.6 is 11.8 Å². The molecule has 6 heteroatoms. The van der Waals surface area contributed by atoms with Gasteiger partial charge in [-0.05, 0) is 42.4 Å². The number of alkyl halides is 3. The smallest absolute Gasteiger partial charge is 0.427 e. The van der Waals surface area contributed by atoms with E-state index in [1.54, 1.807) is 0 Å². The van der Waals surface area contributed by atoms with E-state index in [1.165, 1.54) is 24.3 Å². The van der Waals surface area contributed by atoms with Crippen molar-refractivity contribution in [2.75, 3.05) is 0 Å². The fourth-order valence-electron chi connectivity index (χ4n) is 1.41. The van der Waals surface area contributed by atoms with Crippen molar-refractivity contribution in [3.05, 3.63) is 24.3 Å². The zero-order chi connectivity index (χ0) is 14.3. The summed E-state index contributed by atoms with van der Waals surface area (Å²) in [5.74, 6) is -0.0855. The van der Waals surface area contributed by atoms with Crippen molar-refractivity contribution in [2.24, 2.45) is 0 Å². The quantitative estimate of drug-likeness (QED) is 0.326. The molecule has 0 saturated carbocycles. The highest BCUT2D eigenvalue weighted by Gasteiger charge is 2.29. The third-order valence-corrected chi connectivity index (χ3v) is 3.01. The van der Waals surface area contributed by atoms with E-state index in [0.717, 1.165) is 19.3 Å². The van der Waals surface area contributed by atoms with Gasteiger partial charge in [0.1, 0.15) is 5.75 Å². The summed E-state index contributed by atoms with van der Waals surface area (Å²) in [6.45, 7) is 2.03. The lowest BCUT2D eigenvalue weighted by Gasteiger charge is -2.07. The van der Waals surface area contributed by atoms with Gasteiger partial charge in [-0.3, -0.25) is 4.79 Å². The van der Waals surface area contributed by atoms with Gasteiger partial charge in [0.15, 0.2) is 0 Å². The Labute approximate surface area is 114 Å². The number of benzene rings is 1. The zero-order valence-electron chi connectivity index (χ0n) is 10.5. The molecule has 0 heterocycles. The van der Waals surface area contributed by atoms with Crippen molar-refractivity contribution in [3.8, 4) is 5.75 Å². The van der Waals surface area contributed by atoms with E-state index >= 15 is 0 Å². The van der Waals surface area contributed by atoms with Gasteiger partial charge in [0.2, 0.25) is 0 Å². The molecule has 0 bridgehead atoms. The second kappa shape index (κ2) is 7.43. The van der Waals surface area contributed by atoms with Crippen molar-refractivity contribution in [2.45, 2.75) is 43.0 Å². The summed E-state index contributed by atoms with van der Waals surface area (Å²) in [6, 6.07) is 5.30.